The minimum absolute atomic E-state index is 0.00313. The lowest BCUT2D eigenvalue weighted by molar-refractivity contribution is 0.0679. The molecule has 2 heterocycles. The van der Waals surface area contributed by atoms with E-state index in [1.54, 1.807) is 48.5 Å². The van der Waals surface area contributed by atoms with Crippen LogP contribution in [0.15, 0.2) is 53.3 Å². The first-order valence-electron chi connectivity index (χ1n) is 9.54. The lowest BCUT2D eigenvalue weighted by Crippen LogP contribution is -2.42. The highest BCUT2D eigenvalue weighted by Crippen LogP contribution is 2.17. The molecular formula is C21H20N4O5. The van der Waals surface area contributed by atoms with Gasteiger partial charge >= 0.3 is 0 Å². The fourth-order valence-corrected chi connectivity index (χ4v) is 3.20. The molecule has 1 aliphatic rings. The molecule has 2 amide bonds. The number of carbonyl (C=O) groups excluding carboxylic acids is 2. The van der Waals surface area contributed by atoms with Gasteiger partial charge in [-0.05, 0) is 43.2 Å². The summed E-state index contributed by atoms with van der Waals surface area (Å²) in [5.74, 6) is -0.509. The molecule has 3 N–H and O–H groups in total. The van der Waals surface area contributed by atoms with Crippen LogP contribution in [0, 0.1) is 0 Å². The van der Waals surface area contributed by atoms with Gasteiger partial charge in [-0.1, -0.05) is 18.2 Å². The number of rotatable bonds is 5. The highest BCUT2D eigenvalue weighted by molar-refractivity contribution is 6.05. The Hall–Kier alpha value is -3.72. The zero-order valence-electron chi connectivity index (χ0n) is 16.0. The van der Waals surface area contributed by atoms with Crippen molar-refractivity contribution in [1.29, 1.82) is 0 Å². The Morgan fingerprint density at radius 3 is 2.53 bits per heavy atom. The second-order valence-corrected chi connectivity index (χ2v) is 6.83. The van der Waals surface area contributed by atoms with E-state index in [1.807, 2.05) is 0 Å². The molecule has 0 radical (unpaired) electrons. The van der Waals surface area contributed by atoms with E-state index in [9.17, 15) is 14.4 Å². The second kappa shape index (κ2) is 8.75. The van der Waals surface area contributed by atoms with E-state index in [2.05, 4.69) is 21.0 Å². The number of nitrogens with zero attached hydrogens (tertiary/aromatic N) is 1. The van der Waals surface area contributed by atoms with E-state index in [-0.39, 0.29) is 11.8 Å². The van der Waals surface area contributed by atoms with Gasteiger partial charge in [0, 0.05) is 17.6 Å². The molecule has 154 valence electrons. The predicted octanol–water partition coefficient (Wildman–Crippen LogP) is 1.56. The number of aromatic amines is 1. The fraction of sp³-hybridized carbons (Fsp3) is 0.238. The SMILES string of the molecule is O=C(NNC(=O)c1n[nH]c(=O)c2ccccc12)c1ccc(OCC2CCCO2)cc1. The molecule has 1 saturated heterocycles. The monoisotopic (exact) mass is 408 g/mol. The van der Waals surface area contributed by atoms with Crippen molar-refractivity contribution in [3.63, 3.8) is 0 Å². The summed E-state index contributed by atoms with van der Waals surface area (Å²) in [4.78, 5) is 36.6. The molecule has 1 unspecified atom stereocenters. The Morgan fingerprint density at radius 2 is 1.80 bits per heavy atom. The first-order valence-corrected chi connectivity index (χ1v) is 9.54. The quantitative estimate of drug-likeness (QED) is 0.551. The first kappa shape index (κ1) is 19.6. The van der Waals surface area contributed by atoms with Crippen molar-refractivity contribution in [3.05, 3.63) is 70.1 Å². The van der Waals surface area contributed by atoms with Crippen LogP contribution < -0.4 is 21.1 Å². The molecule has 0 spiro atoms. The zero-order chi connectivity index (χ0) is 20.9. The van der Waals surface area contributed by atoms with Gasteiger partial charge in [-0.2, -0.15) is 5.10 Å². The zero-order valence-corrected chi connectivity index (χ0v) is 16.0. The Labute approximate surface area is 171 Å². The van der Waals surface area contributed by atoms with E-state index in [0.717, 1.165) is 19.4 Å². The van der Waals surface area contributed by atoms with Crippen LogP contribution in [0.2, 0.25) is 0 Å². The summed E-state index contributed by atoms with van der Waals surface area (Å²) in [5, 5.41) is 6.80. The van der Waals surface area contributed by atoms with Crippen molar-refractivity contribution in [2.45, 2.75) is 18.9 Å². The van der Waals surface area contributed by atoms with Crippen molar-refractivity contribution in [1.82, 2.24) is 21.0 Å². The minimum atomic E-state index is -0.646. The summed E-state index contributed by atoms with van der Waals surface area (Å²) in [6.07, 6.45) is 2.14. The second-order valence-electron chi connectivity index (χ2n) is 6.83. The maximum Gasteiger partial charge on any atom is 0.290 e. The summed E-state index contributed by atoms with van der Waals surface area (Å²) >= 11 is 0. The summed E-state index contributed by atoms with van der Waals surface area (Å²) in [5.41, 5.74) is 4.61. The number of hydrogen-bond acceptors (Lipinski definition) is 6. The molecule has 3 aromatic rings. The van der Waals surface area contributed by atoms with Crippen molar-refractivity contribution in [3.8, 4) is 5.75 Å². The van der Waals surface area contributed by atoms with Gasteiger partial charge in [-0.3, -0.25) is 25.2 Å². The number of hydrazine groups is 1. The lowest BCUT2D eigenvalue weighted by atomic mass is 10.1. The van der Waals surface area contributed by atoms with Crippen molar-refractivity contribution >= 4 is 22.6 Å². The van der Waals surface area contributed by atoms with Crippen LogP contribution in [0.25, 0.3) is 10.8 Å². The molecule has 1 fully saturated rings. The van der Waals surface area contributed by atoms with Gasteiger partial charge in [-0.25, -0.2) is 5.10 Å². The van der Waals surface area contributed by atoms with E-state index in [4.69, 9.17) is 9.47 Å². The molecule has 9 heteroatoms. The average Bonchev–Trinajstić information content (AvgIpc) is 3.30. The highest BCUT2D eigenvalue weighted by atomic mass is 16.5. The van der Waals surface area contributed by atoms with Crippen LogP contribution in [0.3, 0.4) is 0 Å². The smallest absolute Gasteiger partial charge is 0.290 e. The van der Waals surface area contributed by atoms with Crippen LogP contribution in [-0.4, -0.2) is 41.3 Å². The molecule has 1 aliphatic heterocycles. The number of amides is 2. The summed E-state index contributed by atoms with van der Waals surface area (Å²) in [6, 6.07) is 13.2. The maximum atomic E-state index is 12.4. The van der Waals surface area contributed by atoms with Crippen LogP contribution in [0.5, 0.6) is 5.75 Å². The molecule has 1 aromatic heterocycles. The molecule has 9 nitrogen and oxygen atoms in total. The summed E-state index contributed by atoms with van der Waals surface area (Å²) < 4.78 is 11.2. The van der Waals surface area contributed by atoms with Crippen LogP contribution in [0.4, 0.5) is 0 Å². The topological polar surface area (TPSA) is 122 Å². The van der Waals surface area contributed by atoms with Gasteiger partial charge in [0.1, 0.15) is 12.4 Å². The van der Waals surface area contributed by atoms with Crippen molar-refractivity contribution in [2.75, 3.05) is 13.2 Å². The van der Waals surface area contributed by atoms with E-state index in [0.29, 0.717) is 28.7 Å². The number of ether oxygens (including phenoxy) is 2. The van der Waals surface area contributed by atoms with Gasteiger partial charge in [0.2, 0.25) is 0 Å². The number of aromatic nitrogens is 2. The largest absolute Gasteiger partial charge is 0.491 e. The Bertz CT molecular complexity index is 1120. The van der Waals surface area contributed by atoms with E-state index in [1.165, 1.54) is 0 Å². The highest BCUT2D eigenvalue weighted by Gasteiger charge is 2.17. The van der Waals surface area contributed by atoms with Gasteiger partial charge in [0.15, 0.2) is 5.69 Å². The number of benzene rings is 2. The molecule has 0 saturated carbocycles. The molecule has 0 aliphatic carbocycles. The van der Waals surface area contributed by atoms with Gasteiger partial charge < -0.3 is 9.47 Å². The third-order valence-corrected chi connectivity index (χ3v) is 4.78. The van der Waals surface area contributed by atoms with E-state index >= 15 is 0 Å². The average molecular weight is 408 g/mol. The van der Waals surface area contributed by atoms with Gasteiger partial charge in [0.25, 0.3) is 17.4 Å². The lowest BCUT2D eigenvalue weighted by Gasteiger charge is -2.12. The van der Waals surface area contributed by atoms with Crippen LogP contribution >= 0.6 is 0 Å². The molecule has 30 heavy (non-hydrogen) atoms. The van der Waals surface area contributed by atoms with Crippen LogP contribution in [0.1, 0.15) is 33.7 Å². The molecule has 0 bridgehead atoms. The first-order chi connectivity index (χ1) is 14.6. The normalized spacial score (nSPS) is 15.7. The third-order valence-electron chi connectivity index (χ3n) is 4.78. The number of hydrogen-bond donors (Lipinski definition) is 3. The molecule has 1 atom stereocenters. The predicted molar refractivity (Wildman–Crippen MR) is 108 cm³/mol. The number of carbonyl (C=O) groups is 2. The molecule has 2 aromatic carbocycles. The van der Waals surface area contributed by atoms with Crippen molar-refractivity contribution < 1.29 is 19.1 Å². The molecular weight excluding hydrogens is 388 g/mol. The standard InChI is InChI=1S/C21H20N4O5/c26-19(13-7-9-14(10-8-13)30-12-15-4-3-11-29-15)23-25-21(28)18-16-5-1-2-6-17(16)20(27)24-22-18/h1-2,5-10,15H,3-4,11-12H2,(H,23,26)(H,24,27)(H,25,28). The van der Waals surface area contributed by atoms with E-state index < -0.39 is 17.4 Å². The van der Waals surface area contributed by atoms with Crippen LogP contribution in [-0.2, 0) is 4.74 Å². The number of nitrogens with one attached hydrogen (secondary N) is 3. The summed E-state index contributed by atoms with van der Waals surface area (Å²) in [6.45, 7) is 1.24. The Balaban J connectivity index is 1.36. The third kappa shape index (κ3) is 4.31. The Kier molecular flexibility index (Phi) is 5.71. The van der Waals surface area contributed by atoms with Gasteiger partial charge in [-0.15, -0.1) is 0 Å². The maximum absolute atomic E-state index is 12.4. The molecule has 4 rings (SSSR count). The summed E-state index contributed by atoms with van der Waals surface area (Å²) in [7, 11) is 0. The van der Waals surface area contributed by atoms with Crippen molar-refractivity contribution in [2.24, 2.45) is 0 Å². The minimum Gasteiger partial charge on any atom is -0.491 e. The number of fused-ring (bicyclic) bond motifs is 1. The fourth-order valence-electron chi connectivity index (χ4n) is 3.20. The number of H-pyrrole nitrogens is 1. The Morgan fingerprint density at radius 1 is 1.07 bits per heavy atom. The van der Waals surface area contributed by atoms with Gasteiger partial charge in [0.05, 0.1) is 11.5 Å².